The van der Waals surface area contributed by atoms with E-state index < -0.39 is 0 Å². The molecule has 1 fully saturated rings. The van der Waals surface area contributed by atoms with Gasteiger partial charge in [-0.15, -0.1) is 0 Å². The first-order chi connectivity index (χ1) is 11.6. The lowest BCUT2D eigenvalue weighted by Gasteiger charge is -2.32. The van der Waals surface area contributed by atoms with Gasteiger partial charge in [-0.2, -0.15) is 5.10 Å². The average molecular weight is 328 g/mol. The number of amides is 1. The first-order valence-corrected chi connectivity index (χ1v) is 8.43. The highest BCUT2D eigenvalue weighted by Gasteiger charge is 2.21. The van der Waals surface area contributed by atoms with Gasteiger partial charge in [-0.1, -0.05) is 12.1 Å². The second kappa shape index (κ2) is 7.05. The third-order valence-electron chi connectivity index (χ3n) is 4.35. The van der Waals surface area contributed by atoms with Crippen LogP contribution in [0.2, 0.25) is 0 Å². The predicted octanol–water partition coefficient (Wildman–Crippen LogP) is 2.68. The fourth-order valence-electron chi connectivity index (χ4n) is 3.05. The maximum absolute atomic E-state index is 12.7. The van der Waals surface area contributed by atoms with Crippen LogP contribution in [0.5, 0.6) is 0 Å². The molecule has 1 amide bonds. The zero-order chi connectivity index (χ0) is 17.1. The molecule has 2 heterocycles. The molecule has 1 aromatic heterocycles. The molecule has 6 nitrogen and oxygen atoms in total. The minimum atomic E-state index is -0.219. The number of aliphatic hydroxyl groups excluding tert-OH is 1. The standard InChI is InChI=1S/C18H24N4O2/c1-13(2)22-17(7-10-19-22)18(24)20-15-5-3-4-6-16(15)21-11-8-14(23)9-12-21/h3-7,10,13-14,23H,8-9,11-12H2,1-2H3,(H,20,24). The SMILES string of the molecule is CC(C)n1nccc1C(=O)Nc1ccccc1N1CCC(O)CC1. The van der Waals surface area contributed by atoms with Crippen LogP contribution in [-0.4, -0.2) is 40.0 Å². The van der Waals surface area contributed by atoms with Crippen LogP contribution < -0.4 is 10.2 Å². The number of rotatable bonds is 4. The highest BCUT2D eigenvalue weighted by Crippen LogP contribution is 2.28. The molecule has 3 rings (SSSR count). The van der Waals surface area contributed by atoms with Crippen LogP contribution >= 0.6 is 0 Å². The number of carbonyl (C=O) groups excluding carboxylic acids is 1. The van der Waals surface area contributed by atoms with E-state index in [1.165, 1.54) is 0 Å². The van der Waals surface area contributed by atoms with Crippen molar-refractivity contribution in [3.63, 3.8) is 0 Å². The van der Waals surface area contributed by atoms with Gasteiger partial charge in [0.25, 0.3) is 5.91 Å². The zero-order valence-corrected chi connectivity index (χ0v) is 14.1. The second-order valence-corrected chi connectivity index (χ2v) is 6.44. The molecule has 6 heteroatoms. The first kappa shape index (κ1) is 16.5. The molecule has 24 heavy (non-hydrogen) atoms. The Bertz CT molecular complexity index is 703. The fraction of sp³-hybridized carbons (Fsp3) is 0.444. The Kier molecular flexibility index (Phi) is 4.85. The molecule has 1 aromatic carbocycles. The third-order valence-corrected chi connectivity index (χ3v) is 4.35. The smallest absolute Gasteiger partial charge is 0.274 e. The van der Waals surface area contributed by atoms with Crippen molar-refractivity contribution in [2.45, 2.75) is 38.8 Å². The van der Waals surface area contributed by atoms with E-state index in [1.54, 1.807) is 16.9 Å². The Morgan fingerprint density at radius 1 is 1.25 bits per heavy atom. The maximum atomic E-state index is 12.7. The Balaban J connectivity index is 1.80. The lowest BCUT2D eigenvalue weighted by atomic mass is 10.1. The first-order valence-electron chi connectivity index (χ1n) is 8.43. The van der Waals surface area contributed by atoms with Gasteiger partial charge in [-0.25, -0.2) is 0 Å². The lowest BCUT2D eigenvalue weighted by Crippen LogP contribution is -2.36. The Morgan fingerprint density at radius 3 is 2.67 bits per heavy atom. The highest BCUT2D eigenvalue weighted by atomic mass is 16.3. The van der Waals surface area contributed by atoms with E-state index in [2.05, 4.69) is 15.3 Å². The van der Waals surface area contributed by atoms with Gasteiger partial charge < -0.3 is 15.3 Å². The molecule has 1 aliphatic heterocycles. The second-order valence-electron chi connectivity index (χ2n) is 6.44. The van der Waals surface area contributed by atoms with E-state index in [1.807, 2.05) is 38.1 Å². The number of nitrogens with zero attached hydrogens (tertiary/aromatic N) is 3. The number of benzene rings is 1. The monoisotopic (exact) mass is 328 g/mol. The van der Waals surface area contributed by atoms with Crippen molar-refractivity contribution >= 4 is 17.3 Å². The van der Waals surface area contributed by atoms with E-state index in [4.69, 9.17) is 0 Å². The summed E-state index contributed by atoms with van der Waals surface area (Å²) < 4.78 is 1.72. The van der Waals surface area contributed by atoms with E-state index in [0.29, 0.717) is 5.69 Å². The van der Waals surface area contributed by atoms with Crippen LogP contribution in [0.25, 0.3) is 0 Å². The molecule has 2 N–H and O–H groups in total. The minimum Gasteiger partial charge on any atom is -0.393 e. The molecule has 0 saturated carbocycles. The lowest BCUT2D eigenvalue weighted by molar-refractivity contribution is 0.101. The summed E-state index contributed by atoms with van der Waals surface area (Å²) in [6, 6.07) is 9.66. The Hall–Kier alpha value is -2.34. The van der Waals surface area contributed by atoms with E-state index >= 15 is 0 Å². The molecule has 1 saturated heterocycles. The predicted molar refractivity (Wildman–Crippen MR) is 94.5 cm³/mol. The number of carbonyl (C=O) groups is 1. The molecule has 0 bridgehead atoms. The summed E-state index contributed by atoms with van der Waals surface area (Å²) in [6.07, 6.45) is 2.93. The van der Waals surface area contributed by atoms with Crippen LogP contribution in [-0.2, 0) is 0 Å². The van der Waals surface area contributed by atoms with Crippen LogP contribution in [0.4, 0.5) is 11.4 Å². The van der Waals surface area contributed by atoms with Crippen LogP contribution in [0.1, 0.15) is 43.2 Å². The molecular weight excluding hydrogens is 304 g/mol. The number of anilines is 2. The number of aliphatic hydroxyl groups is 1. The van der Waals surface area contributed by atoms with Crippen molar-refractivity contribution in [3.05, 3.63) is 42.2 Å². The van der Waals surface area contributed by atoms with Gasteiger partial charge in [0, 0.05) is 25.3 Å². The summed E-state index contributed by atoms with van der Waals surface area (Å²) in [7, 11) is 0. The number of hydrogen-bond acceptors (Lipinski definition) is 4. The highest BCUT2D eigenvalue weighted by molar-refractivity contribution is 6.04. The molecule has 2 aromatic rings. The summed E-state index contributed by atoms with van der Waals surface area (Å²) in [5, 5.41) is 16.9. The molecule has 0 radical (unpaired) electrons. The van der Waals surface area contributed by atoms with Crippen molar-refractivity contribution in [2.24, 2.45) is 0 Å². The maximum Gasteiger partial charge on any atom is 0.274 e. The van der Waals surface area contributed by atoms with Gasteiger partial charge in [0.05, 0.1) is 17.5 Å². The number of para-hydroxylation sites is 2. The van der Waals surface area contributed by atoms with Crippen LogP contribution in [0.15, 0.2) is 36.5 Å². The summed E-state index contributed by atoms with van der Waals surface area (Å²) in [5.41, 5.74) is 2.33. The topological polar surface area (TPSA) is 70.4 Å². The van der Waals surface area contributed by atoms with Gasteiger partial charge in [0.15, 0.2) is 0 Å². The van der Waals surface area contributed by atoms with Crippen LogP contribution in [0, 0.1) is 0 Å². The zero-order valence-electron chi connectivity index (χ0n) is 14.1. The largest absolute Gasteiger partial charge is 0.393 e. The Morgan fingerprint density at radius 2 is 1.96 bits per heavy atom. The fourth-order valence-corrected chi connectivity index (χ4v) is 3.05. The molecule has 0 unspecified atom stereocenters. The third kappa shape index (κ3) is 3.43. The van der Waals surface area contributed by atoms with Crippen molar-refractivity contribution in [1.29, 1.82) is 0 Å². The Labute approximate surface area is 142 Å². The summed E-state index contributed by atoms with van der Waals surface area (Å²) in [6.45, 7) is 5.57. The quantitative estimate of drug-likeness (QED) is 0.905. The van der Waals surface area contributed by atoms with Crippen molar-refractivity contribution in [1.82, 2.24) is 9.78 Å². The van der Waals surface area contributed by atoms with Gasteiger partial charge in [-0.05, 0) is 44.9 Å². The minimum absolute atomic E-state index is 0.125. The average Bonchev–Trinajstić information content (AvgIpc) is 3.06. The molecule has 0 aliphatic carbocycles. The summed E-state index contributed by atoms with van der Waals surface area (Å²) in [4.78, 5) is 14.9. The molecule has 128 valence electrons. The van der Waals surface area contributed by atoms with Crippen LogP contribution in [0.3, 0.4) is 0 Å². The summed E-state index contributed by atoms with van der Waals surface area (Å²) in [5.74, 6) is -0.161. The molecular formula is C18H24N4O2. The van der Waals surface area contributed by atoms with Gasteiger partial charge in [-0.3, -0.25) is 9.48 Å². The number of piperidine rings is 1. The van der Waals surface area contributed by atoms with Crippen molar-refractivity contribution in [2.75, 3.05) is 23.3 Å². The normalized spacial score (nSPS) is 15.8. The van der Waals surface area contributed by atoms with Gasteiger partial charge >= 0.3 is 0 Å². The van der Waals surface area contributed by atoms with Gasteiger partial charge in [0.1, 0.15) is 5.69 Å². The number of hydrogen-bond donors (Lipinski definition) is 2. The number of aromatic nitrogens is 2. The molecule has 1 aliphatic rings. The van der Waals surface area contributed by atoms with E-state index in [0.717, 1.165) is 37.3 Å². The van der Waals surface area contributed by atoms with Crippen molar-refractivity contribution < 1.29 is 9.90 Å². The van der Waals surface area contributed by atoms with E-state index in [9.17, 15) is 9.90 Å². The van der Waals surface area contributed by atoms with E-state index in [-0.39, 0.29) is 18.1 Å². The van der Waals surface area contributed by atoms with Gasteiger partial charge in [0.2, 0.25) is 0 Å². The summed E-state index contributed by atoms with van der Waals surface area (Å²) >= 11 is 0. The van der Waals surface area contributed by atoms with Crippen molar-refractivity contribution in [3.8, 4) is 0 Å². The molecule has 0 spiro atoms. The molecule has 0 atom stereocenters. The number of nitrogens with one attached hydrogen (secondary N) is 1.